The Morgan fingerprint density at radius 1 is 1.07 bits per heavy atom. The first-order chi connectivity index (χ1) is 20.3. The highest BCUT2D eigenvalue weighted by molar-refractivity contribution is 6.34. The van der Waals surface area contributed by atoms with Gasteiger partial charge in [-0.1, -0.05) is 11.6 Å². The number of anilines is 1. The van der Waals surface area contributed by atoms with E-state index in [0.717, 1.165) is 0 Å². The van der Waals surface area contributed by atoms with Crippen molar-refractivity contribution in [3.63, 3.8) is 0 Å². The average Bonchev–Trinajstić information content (AvgIpc) is 3.33. The summed E-state index contributed by atoms with van der Waals surface area (Å²) in [6, 6.07) is 8.61. The van der Waals surface area contributed by atoms with Gasteiger partial charge in [-0.2, -0.15) is 9.65 Å². The van der Waals surface area contributed by atoms with Crippen LogP contribution in [0.2, 0.25) is 5.02 Å². The fourth-order valence-corrected chi connectivity index (χ4v) is 4.87. The van der Waals surface area contributed by atoms with E-state index in [1.54, 1.807) is 15.9 Å². The number of hydrogen-bond acceptors (Lipinski definition) is 6. The molecule has 14 heteroatoms. The van der Waals surface area contributed by atoms with Crippen LogP contribution in [0.1, 0.15) is 21.0 Å². The minimum absolute atomic E-state index is 0.0365. The highest BCUT2D eigenvalue weighted by atomic mass is 35.5. The molecule has 0 atom stereocenters. The summed E-state index contributed by atoms with van der Waals surface area (Å²) in [6.45, 7) is 1.53. The van der Waals surface area contributed by atoms with Crippen LogP contribution in [0.3, 0.4) is 0 Å². The number of nitrogens with one attached hydrogen (secondary N) is 1. The van der Waals surface area contributed by atoms with Gasteiger partial charge in [0.25, 0.3) is 17.7 Å². The lowest BCUT2D eigenvalue weighted by molar-refractivity contribution is -0.862. The van der Waals surface area contributed by atoms with Crippen molar-refractivity contribution in [1.82, 2.24) is 19.4 Å². The van der Waals surface area contributed by atoms with Crippen LogP contribution in [0.5, 0.6) is 5.75 Å². The van der Waals surface area contributed by atoms with Crippen LogP contribution in [0.25, 0.3) is 11.3 Å². The van der Waals surface area contributed by atoms with Gasteiger partial charge in [0.1, 0.15) is 6.07 Å². The number of carbonyl (C=O) groups is 3. The molecule has 4 rings (SSSR count). The maximum Gasteiger partial charge on any atom is 0.291 e. The first-order valence-electron chi connectivity index (χ1n) is 13.3. The van der Waals surface area contributed by atoms with E-state index in [9.17, 15) is 23.2 Å². The van der Waals surface area contributed by atoms with Crippen molar-refractivity contribution in [3.8, 4) is 23.1 Å². The van der Waals surface area contributed by atoms with Crippen LogP contribution >= 0.6 is 11.6 Å². The topological polar surface area (TPSA) is 121 Å². The number of aromatic nitrogens is 2. The molecule has 0 unspecified atom stereocenters. The molecule has 1 aliphatic heterocycles. The Morgan fingerprint density at radius 2 is 1.74 bits per heavy atom. The van der Waals surface area contributed by atoms with Gasteiger partial charge in [0, 0.05) is 44.5 Å². The Kier molecular flexibility index (Phi) is 9.32. The number of likely N-dealkylation sites (N-methyl/N-ethyl adjacent to an activating group) is 1. The fraction of sp³-hybridized carbons (Fsp3) is 0.345. The summed E-state index contributed by atoms with van der Waals surface area (Å²) in [4.78, 5) is 46.1. The number of hydrogen-bond donors (Lipinski definition) is 1. The van der Waals surface area contributed by atoms with Gasteiger partial charge in [-0.05, 0) is 30.3 Å². The van der Waals surface area contributed by atoms with Crippen molar-refractivity contribution in [3.05, 3.63) is 64.6 Å². The lowest BCUT2D eigenvalue weighted by Gasteiger charge is -2.36. The third-order valence-electron chi connectivity index (χ3n) is 6.79. The fourth-order valence-electron chi connectivity index (χ4n) is 4.61. The molecule has 1 N–H and O–H groups in total. The molecule has 1 saturated heterocycles. The summed E-state index contributed by atoms with van der Waals surface area (Å²) in [5.74, 6) is -3.87. The second-order valence-electron chi connectivity index (χ2n) is 11.0. The number of halogens is 3. The van der Waals surface area contributed by atoms with Gasteiger partial charge in [0.15, 0.2) is 30.5 Å². The third-order valence-corrected chi connectivity index (χ3v) is 7.11. The van der Waals surface area contributed by atoms with Crippen LogP contribution in [0.15, 0.2) is 36.5 Å². The highest BCUT2D eigenvalue weighted by Crippen LogP contribution is 2.30. The van der Waals surface area contributed by atoms with Crippen molar-refractivity contribution < 1.29 is 32.4 Å². The van der Waals surface area contributed by atoms with Crippen LogP contribution < -0.4 is 10.1 Å². The summed E-state index contributed by atoms with van der Waals surface area (Å²) in [5, 5.41) is 11.4. The smallest absolute Gasteiger partial charge is 0.291 e. The molecule has 2 heterocycles. The van der Waals surface area contributed by atoms with Gasteiger partial charge in [0.2, 0.25) is 5.82 Å². The van der Waals surface area contributed by atoms with E-state index < -0.39 is 29.9 Å². The summed E-state index contributed by atoms with van der Waals surface area (Å²) >= 11 is 6.43. The number of benzene rings is 2. The number of carbonyl (C=O) groups excluding carboxylic acids is 3. The first kappa shape index (κ1) is 31.4. The predicted molar refractivity (Wildman–Crippen MR) is 154 cm³/mol. The van der Waals surface area contributed by atoms with E-state index in [0.29, 0.717) is 42.9 Å². The lowest BCUT2D eigenvalue weighted by Crippen LogP contribution is -2.54. The molecule has 226 valence electrons. The van der Waals surface area contributed by atoms with Crippen molar-refractivity contribution >= 4 is 35.0 Å². The van der Waals surface area contributed by atoms with Crippen molar-refractivity contribution in [2.45, 2.75) is 0 Å². The average molecular weight is 615 g/mol. The molecule has 0 radical (unpaired) electrons. The monoisotopic (exact) mass is 614 g/mol. The number of nitrogens with zero attached hydrogens (tertiary/aromatic N) is 6. The van der Waals surface area contributed by atoms with Crippen molar-refractivity contribution in [2.75, 3.05) is 65.8 Å². The molecule has 0 spiro atoms. The van der Waals surface area contributed by atoms with Gasteiger partial charge < -0.3 is 28.9 Å². The summed E-state index contributed by atoms with van der Waals surface area (Å²) in [5.41, 5.74) is 0.528. The lowest BCUT2D eigenvalue weighted by atomic mass is 10.1. The molecule has 3 aromatic rings. The number of ether oxygens (including phenoxy) is 1. The number of piperazine rings is 1. The van der Waals surface area contributed by atoms with E-state index in [-0.39, 0.29) is 39.5 Å². The van der Waals surface area contributed by atoms with Gasteiger partial charge in [0.05, 0.1) is 43.6 Å². The quantitative estimate of drug-likeness (QED) is 0.389. The van der Waals surface area contributed by atoms with E-state index in [1.807, 2.05) is 21.1 Å². The normalized spacial score (nSPS) is 13.4. The second kappa shape index (κ2) is 12.8. The molecule has 1 aromatic heterocycles. The largest absolute Gasteiger partial charge is 0.476 e. The molecular formula is C29H31ClF2N7O4+. The maximum absolute atomic E-state index is 14.8. The Labute approximate surface area is 252 Å². The molecule has 11 nitrogen and oxygen atoms in total. The number of imidazole rings is 1. The van der Waals surface area contributed by atoms with E-state index in [4.69, 9.17) is 21.6 Å². The predicted octanol–water partition coefficient (Wildman–Crippen LogP) is 3.16. The number of nitriles is 1. The SMILES string of the molecule is Cn1c(-c2ccc(OCC#N)c(F)c2F)cnc1C(=O)Nc1ccc(C(=O)N2CCN(C(=O)C[N+](C)(C)C)CC2)c(Cl)c1. The zero-order valence-electron chi connectivity index (χ0n) is 24.2. The summed E-state index contributed by atoms with van der Waals surface area (Å²) < 4.78 is 35.9. The number of quaternary nitrogens is 1. The Hall–Kier alpha value is -4.54. The first-order valence-corrected chi connectivity index (χ1v) is 13.7. The van der Waals surface area contributed by atoms with Crippen LogP contribution in [-0.4, -0.2) is 102 Å². The Bertz CT molecular complexity index is 1610. The van der Waals surface area contributed by atoms with Gasteiger partial charge in [-0.25, -0.2) is 9.37 Å². The van der Waals surface area contributed by atoms with Gasteiger partial charge in [-0.15, -0.1) is 0 Å². The molecule has 0 saturated carbocycles. The third kappa shape index (κ3) is 7.10. The summed E-state index contributed by atoms with van der Waals surface area (Å²) in [7, 11) is 7.30. The second-order valence-corrected chi connectivity index (χ2v) is 11.4. The summed E-state index contributed by atoms with van der Waals surface area (Å²) in [6.07, 6.45) is 1.23. The molecule has 43 heavy (non-hydrogen) atoms. The number of rotatable bonds is 8. The van der Waals surface area contributed by atoms with Crippen molar-refractivity contribution in [2.24, 2.45) is 7.05 Å². The maximum atomic E-state index is 14.8. The minimum atomic E-state index is -1.26. The highest BCUT2D eigenvalue weighted by Gasteiger charge is 2.28. The molecular weight excluding hydrogens is 584 g/mol. The van der Waals surface area contributed by atoms with Crippen molar-refractivity contribution in [1.29, 1.82) is 5.26 Å². The molecule has 3 amide bonds. The molecule has 2 aromatic carbocycles. The molecule has 1 fully saturated rings. The van der Waals surface area contributed by atoms with E-state index >= 15 is 0 Å². The van der Waals surface area contributed by atoms with Gasteiger partial charge >= 0.3 is 0 Å². The molecule has 0 bridgehead atoms. The zero-order valence-corrected chi connectivity index (χ0v) is 24.9. The minimum Gasteiger partial charge on any atom is -0.476 e. The molecule has 0 aliphatic carbocycles. The van der Waals surface area contributed by atoms with Crippen LogP contribution in [0.4, 0.5) is 14.5 Å². The van der Waals surface area contributed by atoms with Crippen LogP contribution in [0, 0.1) is 23.0 Å². The van der Waals surface area contributed by atoms with Gasteiger partial charge in [-0.3, -0.25) is 14.4 Å². The molecule has 1 aliphatic rings. The zero-order chi connectivity index (χ0) is 31.5. The Morgan fingerprint density at radius 3 is 2.37 bits per heavy atom. The van der Waals surface area contributed by atoms with E-state index in [1.165, 1.54) is 48.1 Å². The van der Waals surface area contributed by atoms with E-state index in [2.05, 4.69) is 10.3 Å². The Balaban J connectivity index is 1.42. The van der Waals surface area contributed by atoms with Crippen LogP contribution in [-0.2, 0) is 11.8 Å². The number of amides is 3. The standard InChI is InChI=1S/C29H30ClF2N7O4/c1-36-22(20-7-8-23(43-14-9-33)26(32)25(20)31)16-34-27(36)28(41)35-18-5-6-19(21(30)15-18)29(42)38-12-10-37(11-13-38)24(40)17-39(2,3)4/h5-8,15-16H,10-14,17H2,1-4H3/p+1.